The molecule has 0 saturated carbocycles. The zero-order valence-corrected chi connectivity index (χ0v) is 6.62. The van der Waals surface area contributed by atoms with Gasteiger partial charge in [0.25, 0.3) is 0 Å². The normalized spacial score (nSPS) is 10.5. The van der Waals surface area contributed by atoms with E-state index in [-0.39, 0.29) is 0 Å². The van der Waals surface area contributed by atoms with Gasteiger partial charge in [0, 0.05) is 12.4 Å². The first kappa shape index (κ1) is 5.85. The Morgan fingerprint density at radius 3 is 3.20 bits per heavy atom. The van der Waals surface area contributed by atoms with Gasteiger partial charge in [0.1, 0.15) is 0 Å². The standard InChI is InChI=1S/C6H4BrN3/c7-5-4-9-10-3-1-2-8-6(5)10/h1-4H. The molecule has 2 aromatic heterocycles. The van der Waals surface area contributed by atoms with E-state index in [0.29, 0.717) is 0 Å². The van der Waals surface area contributed by atoms with Crippen molar-refractivity contribution in [2.45, 2.75) is 0 Å². The van der Waals surface area contributed by atoms with Gasteiger partial charge in [-0.3, -0.25) is 0 Å². The minimum absolute atomic E-state index is 0.850. The van der Waals surface area contributed by atoms with E-state index in [9.17, 15) is 0 Å². The quantitative estimate of drug-likeness (QED) is 0.641. The van der Waals surface area contributed by atoms with Crippen LogP contribution >= 0.6 is 15.9 Å². The Kier molecular flexibility index (Phi) is 1.20. The first-order chi connectivity index (χ1) is 4.88. The maximum atomic E-state index is 4.09. The fraction of sp³-hybridized carbons (Fsp3) is 0. The molecule has 2 aromatic rings. The highest BCUT2D eigenvalue weighted by atomic mass is 79.9. The second-order valence-electron chi connectivity index (χ2n) is 1.88. The first-order valence-electron chi connectivity index (χ1n) is 2.82. The number of fused-ring (bicyclic) bond motifs is 1. The molecule has 0 N–H and O–H groups in total. The van der Waals surface area contributed by atoms with Crippen molar-refractivity contribution in [2.24, 2.45) is 0 Å². The minimum Gasteiger partial charge on any atom is -0.236 e. The van der Waals surface area contributed by atoms with Crippen LogP contribution in [0.4, 0.5) is 0 Å². The summed E-state index contributed by atoms with van der Waals surface area (Å²) in [7, 11) is 0. The smallest absolute Gasteiger partial charge is 0.169 e. The zero-order valence-electron chi connectivity index (χ0n) is 5.03. The lowest BCUT2D eigenvalue weighted by Crippen LogP contribution is -1.85. The van der Waals surface area contributed by atoms with Gasteiger partial charge < -0.3 is 0 Å². The summed E-state index contributed by atoms with van der Waals surface area (Å²) in [6.07, 6.45) is 5.32. The molecule has 0 spiro atoms. The van der Waals surface area contributed by atoms with Crippen LogP contribution in [0.2, 0.25) is 0 Å². The number of hydrogen-bond acceptors (Lipinski definition) is 2. The van der Waals surface area contributed by atoms with E-state index in [1.54, 1.807) is 16.9 Å². The van der Waals surface area contributed by atoms with E-state index in [1.165, 1.54) is 0 Å². The number of rotatable bonds is 0. The molecule has 0 aromatic carbocycles. The largest absolute Gasteiger partial charge is 0.236 e. The Morgan fingerprint density at radius 2 is 2.40 bits per heavy atom. The summed E-state index contributed by atoms with van der Waals surface area (Å²) in [6.45, 7) is 0. The van der Waals surface area contributed by atoms with Crippen LogP contribution in [0.15, 0.2) is 29.1 Å². The van der Waals surface area contributed by atoms with E-state index in [1.807, 2.05) is 12.3 Å². The van der Waals surface area contributed by atoms with Crippen molar-refractivity contribution in [3.8, 4) is 0 Å². The lowest BCUT2D eigenvalue weighted by atomic mass is 10.6. The molecule has 3 nitrogen and oxygen atoms in total. The number of aromatic nitrogens is 3. The van der Waals surface area contributed by atoms with Gasteiger partial charge in [-0.1, -0.05) is 0 Å². The van der Waals surface area contributed by atoms with Crippen LogP contribution in [0.25, 0.3) is 5.65 Å². The number of halogens is 1. The van der Waals surface area contributed by atoms with Crippen molar-refractivity contribution in [3.05, 3.63) is 29.1 Å². The Hall–Kier alpha value is -0.900. The summed E-state index contributed by atoms with van der Waals surface area (Å²) < 4.78 is 2.64. The first-order valence-corrected chi connectivity index (χ1v) is 3.61. The molecule has 0 amide bonds. The second-order valence-corrected chi connectivity index (χ2v) is 2.73. The molecule has 50 valence electrons. The van der Waals surface area contributed by atoms with Crippen LogP contribution < -0.4 is 0 Å². The molecule has 0 saturated heterocycles. The Balaban J connectivity index is 2.93. The average Bonchev–Trinajstić information content (AvgIpc) is 2.34. The van der Waals surface area contributed by atoms with Gasteiger partial charge in [-0.05, 0) is 22.0 Å². The molecule has 0 aliphatic carbocycles. The summed E-state index contributed by atoms with van der Waals surface area (Å²) >= 11 is 3.32. The van der Waals surface area contributed by atoms with E-state index in [0.717, 1.165) is 10.1 Å². The van der Waals surface area contributed by atoms with Crippen molar-refractivity contribution >= 4 is 21.6 Å². The molecule has 0 fully saturated rings. The van der Waals surface area contributed by atoms with Crippen molar-refractivity contribution in [1.82, 2.24) is 14.6 Å². The highest BCUT2D eigenvalue weighted by molar-refractivity contribution is 9.10. The third kappa shape index (κ3) is 0.724. The zero-order chi connectivity index (χ0) is 6.97. The highest BCUT2D eigenvalue weighted by Crippen LogP contribution is 2.12. The molecule has 0 unspecified atom stereocenters. The Morgan fingerprint density at radius 1 is 1.50 bits per heavy atom. The van der Waals surface area contributed by atoms with Crippen LogP contribution in [0, 0.1) is 0 Å². The van der Waals surface area contributed by atoms with Crippen LogP contribution in [0.1, 0.15) is 0 Å². The molecule has 0 atom stereocenters. The van der Waals surface area contributed by atoms with E-state index >= 15 is 0 Å². The molecule has 4 heteroatoms. The summed E-state index contributed by atoms with van der Waals surface area (Å²) in [6, 6.07) is 1.84. The van der Waals surface area contributed by atoms with Crippen LogP contribution in [-0.2, 0) is 0 Å². The Bertz CT molecular complexity index is 355. The van der Waals surface area contributed by atoms with Gasteiger partial charge in [-0.25, -0.2) is 9.50 Å². The van der Waals surface area contributed by atoms with Gasteiger partial charge in [-0.2, -0.15) is 5.10 Å². The van der Waals surface area contributed by atoms with Crippen LogP contribution in [0.3, 0.4) is 0 Å². The number of nitrogens with zero attached hydrogens (tertiary/aromatic N) is 3. The summed E-state index contributed by atoms with van der Waals surface area (Å²) in [5.74, 6) is 0. The molecule has 0 aliphatic heterocycles. The maximum absolute atomic E-state index is 4.09. The monoisotopic (exact) mass is 197 g/mol. The minimum atomic E-state index is 0.850. The molecule has 2 rings (SSSR count). The van der Waals surface area contributed by atoms with Crippen LogP contribution in [0.5, 0.6) is 0 Å². The van der Waals surface area contributed by atoms with E-state index in [2.05, 4.69) is 26.0 Å². The van der Waals surface area contributed by atoms with Gasteiger partial charge in [0.05, 0.1) is 10.7 Å². The fourth-order valence-corrected chi connectivity index (χ4v) is 1.17. The summed E-state index contributed by atoms with van der Waals surface area (Å²) in [4.78, 5) is 4.09. The van der Waals surface area contributed by atoms with Crippen molar-refractivity contribution in [1.29, 1.82) is 0 Å². The molecule has 2 heterocycles. The highest BCUT2D eigenvalue weighted by Gasteiger charge is 1.97. The second kappa shape index (κ2) is 2.05. The van der Waals surface area contributed by atoms with Gasteiger partial charge >= 0.3 is 0 Å². The molecule has 0 radical (unpaired) electrons. The van der Waals surface area contributed by atoms with Gasteiger partial charge in [0.2, 0.25) is 0 Å². The number of hydrogen-bond donors (Lipinski definition) is 0. The predicted molar refractivity (Wildman–Crippen MR) is 40.7 cm³/mol. The average molecular weight is 198 g/mol. The maximum Gasteiger partial charge on any atom is 0.169 e. The molecule has 0 aliphatic rings. The van der Waals surface area contributed by atoms with Gasteiger partial charge in [0.15, 0.2) is 5.65 Å². The van der Waals surface area contributed by atoms with Crippen molar-refractivity contribution in [2.75, 3.05) is 0 Å². The van der Waals surface area contributed by atoms with E-state index in [4.69, 9.17) is 0 Å². The summed E-state index contributed by atoms with van der Waals surface area (Å²) in [5, 5.41) is 4.03. The Labute approximate surface area is 65.8 Å². The SMILES string of the molecule is Brc1cnn2cccnc12. The van der Waals surface area contributed by atoms with Crippen molar-refractivity contribution < 1.29 is 0 Å². The van der Waals surface area contributed by atoms with E-state index < -0.39 is 0 Å². The third-order valence-electron chi connectivity index (χ3n) is 1.24. The lowest BCUT2D eigenvalue weighted by Gasteiger charge is -1.87. The molecular formula is C6H4BrN3. The molecule has 0 bridgehead atoms. The van der Waals surface area contributed by atoms with Crippen molar-refractivity contribution in [3.63, 3.8) is 0 Å². The van der Waals surface area contributed by atoms with Gasteiger partial charge in [-0.15, -0.1) is 0 Å². The topological polar surface area (TPSA) is 30.2 Å². The third-order valence-corrected chi connectivity index (χ3v) is 1.80. The fourth-order valence-electron chi connectivity index (χ4n) is 0.798. The summed E-state index contributed by atoms with van der Waals surface area (Å²) in [5.41, 5.74) is 0.850. The molecule has 10 heavy (non-hydrogen) atoms. The lowest BCUT2D eigenvalue weighted by molar-refractivity contribution is 0.939. The molecular weight excluding hydrogens is 194 g/mol. The van der Waals surface area contributed by atoms with Crippen LogP contribution in [-0.4, -0.2) is 14.6 Å². The predicted octanol–water partition coefficient (Wildman–Crippen LogP) is 1.49.